The molecular formula is C25H21N3. The van der Waals surface area contributed by atoms with Crippen LogP contribution < -0.4 is 0 Å². The molecule has 0 spiro atoms. The van der Waals surface area contributed by atoms with E-state index in [1.165, 1.54) is 11.1 Å². The van der Waals surface area contributed by atoms with Crippen LogP contribution in [0.1, 0.15) is 30.4 Å². The number of allylic oxidation sites excluding steroid dienone is 1. The van der Waals surface area contributed by atoms with E-state index in [4.69, 9.17) is 0 Å². The molecule has 5 rings (SSSR count). The molecule has 1 heterocycles. The van der Waals surface area contributed by atoms with E-state index in [0.29, 0.717) is 5.92 Å². The Labute approximate surface area is 165 Å². The molecule has 3 heteroatoms. The molecule has 136 valence electrons. The van der Waals surface area contributed by atoms with Gasteiger partial charge in [-0.1, -0.05) is 91.9 Å². The molecule has 0 bridgehead atoms. The van der Waals surface area contributed by atoms with Gasteiger partial charge in [-0.3, -0.25) is 4.57 Å². The molecule has 4 aromatic rings. The van der Waals surface area contributed by atoms with Crippen LogP contribution in [0.3, 0.4) is 0 Å². The summed E-state index contributed by atoms with van der Waals surface area (Å²) in [4.78, 5) is 0. The summed E-state index contributed by atoms with van der Waals surface area (Å²) in [7, 11) is 0. The van der Waals surface area contributed by atoms with E-state index in [2.05, 4.69) is 76.3 Å². The zero-order valence-electron chi connectivity index (χ0n) is 15.8. The molecule has 1 aliphatic carbocycles. The normalized spacial score (nSPS) is 15.4. The van der Waals surface area contributed by atoms with Gasteiger partial charge in [-0.15, -0.1) is 10.2 Å². The fourth-order valence-electron chi connectivity index (χ4n) is 3.95. The van der Waals surface area contributed by atoms with E-state index in [-0.39, 0.29) is 0 Å². The molecule has 28 heavy (non-hydrogen) atoms. The van der Waals surface area contributed by atoms with E-state index < -0.39 is 0 Å². The fourth-order valence-corrected chi connectivity index (χ4v) is 3.95. The van der Waals surface area contributed by atoms with Crippen LogP contribution in [0.5, 0.6) is 0 Å². The van der Waals surface area contributed by atoms with Crippen molar-refractivity contribution in [1.29, 1.82) is 0 Å². The molecule has 1 unspecified atom stereocenters. The highest BCUT2D eigenvalue weighted by atomic mass is 15.3. The largest absolute Gasteiger partial charge is 0.274 e. The van der Waals surface area contributed by atoms with Crippen molar-refractivity contribution in [3.05, 3.63) is 96.1 Å². The first-order valence-electron chi connectivity index (χ1n) is 9.69. The molecule has 0 saturated carbocycles. The summed E-state index contributed by atoms with van der Waals surface area (Å²) in [5.74, 6) is 2.23. The average molecular weight is 363 g/mol. The third-order valence-electron chi connectivity index (χ3n) is 5.39. The van der Waals surface area contributed by atoms with Crippen LogP contribution in [0, 0.1) is 0 Å². The third-order valence-corrected chi connectivity index (χ3v) is 5.39. The zero-order chi connectivity index (χ0) is 18.9. The van der Waals surface area contributed by atoms with Gasteiger partial charge in [0.1, 0.15) is 0 Å². The predicted octanol–water partition coefficient (Wildman–Crippen LogP) is 6.12. The summed E-state index contributed by atoms with van der Waals surface area (Å²) >= 11 is 0. The lowest BCUT2D eigenvalue weighted by Crippen LogP contribution is -2.07. The Hall–Kier alpha value is -3.46. The van der Waals surface area contributed by atoms with Crippen molar-refractivity contribution in [3.8, 4) is 28.5 Å². The summed E-state index contributed by atoms with van der Waals surface area (Å²) in [6.45, 7) is 2.29. The molecule has 0 radical (unpaired) electrons. The molecule has 0 saturated heterocycles. The van der Waals surface area contributed by atoms with Gasteiger partial charge in [0.2, 0.25) is 0 Å². The number of rotatable bonds is 3. The highest BCUT2D eigenvalue weighted by Gasteiger charge is 2.22. The SMILES string of the molecule is CC1CC=Cc2c1cccc2-n1c(-c2ccccc2)nnc1-c1ccccc1. The summed E-state index contributed by atoms with van der Waals surface area (Å²) in [5, 5.41) is 9.19. The molecule has 0 N–H and O–H groups in total. The lowest BCUT2D eigenvalue weighted by molar-refractivity contribution is 0.769. The Balaban J connectivity index is 1.81. The number of aromatic nitrogens is 3. The van der Waals surface area contributed by atoms with Gasteiger partial charge in [0.15, 0.2) is 11.6 Å². The Morgan fingerprint density at radius 2 is 1.36 bits per heavy atom. The van der Waals surface area contributed by atoms with Gasteiger partial charge in [-0.05, 0) is 24.0 Å². The van der Waals surface area contributed by atoms with Crippen molar-refractivity contribution >= 4 is 6.08 Å². The first-order valence-corrected chi connectivity index (χ1v) is 9.69. The maximum Gasteiger partial charge on any atom is 0.168 e. The maximum atomic E-state index is 4.60. The fraction of sp³-hybridized carbons (Fsp3) is 0.120. The number of hydrogen-bond acceptors (Lipinski definition) is 2. The van der Waals surface area contributed by atoms with Crippen LogP contribution in [0.15, 0.2) is 84.9 Å². The van der Waals surface area contributed by atoms with Crippen LogP contribution >= 0.6 is 0 Å². The predicted molar refractivity (Wildman–Crippen MR) is 114 cm³/mol. The first-order chi connectivity index (χ1) is 13.8. The van der Waals surface area contributed by atoms with Crippen molar-refractivity contribution < 1.29 is 0 Å². The molecule has 0 fully saturated rings. The molecule has 0 aliphatic heterocycles. The Bertz CT molecular complexity index is 1080. The molecule has 1 aromatic heterocycles. The number of hydrogen-bond donors (Lipinski definition) is 0. The Morgan fingerprint density at radius 3 is 1.96 bits per heavy atom. The highest BCUT2D eigenvalue weighted by Crippen LogP contribution is 2.36. The van der Waals surface area contributed by atoms with Crippen molar-refractivity contribution in [2.45, 2.75) is 19.3 Å². The standard InChI is InChI=1S/C25H21N3/c1-18-10-8-16-22-21(18)15-9-17-23(22)28-24(19-11-4-2-5-12-19)26-27-25(28)20-13-6-3-7-14-20/h2-9,11-18H,10H2,1H3. The van der Waals surface area contributed by atoms with Gasteiger partial charge in [-0.25, -0.2) is 0 Å². The molecule has 1 atom stereocenters. The quantitative estimate of drug-likeness (QED) is 0.439. The lowest BCUT2D eigenvalue weighted by Gasteiger charge is -2.22. The van der Waals surface area contributed by atoms with Crippen LogP contribution in [-0.2, 0) is 0 Å². The Kier molecular flexibility index (Phi) is 4.13. The van der Waals surface area contributed by atoms with Crippen LogP contribution in [0.2, 0.25) is 0 Å². The second-order valence-electron chi connectivity index (χ2n) is 7.23. The van der Waals surface area contributed by atoms with Crippen molar-refractivity contribution in [2.24, 2.45) is 0 Å². The molecule has 3 aromatic carbocycles. The van der Waals surface area contributed by atoms with Crippen LogP contribution in [0.25, 0.3) is 34.5 Å². The minimum atomic E-state index is 0.511. The van der Waals surface area contributed by atoms with Crippen molar-refractivity contribution in [1.82, 2.24) is 14.8 Å². The van der Waals surface area contributed by atoms with E-state index in [9.17, 15) is 0 Å². The maximum absolute atomic E-state index is 4.60. The van der Waals surface area contributed by atoms with Crippen molar-refractivity contribution in [2.75, 3.05) is 0 Å². The van der Waals surface area contributed by atoms with Crippen molar-refractivity contribution in [3.63, 3.8) is 0 Å². The molecular weight excluding hydrogens is 342 g/mol. The summed E-state index contributed by atoms with van der Waals surface area (Å²) in [6, 6.07) is 27.1. The lowest BCUT2D eigenvalue weighted by atomic mass is 9.87. The van der Waals surface area contributed by atoms with Gasteiger partial charge in [0.05, 0.1) is 5.69 Å². The summed E-state index contributed by atoms with van der Waals surface area (Å²) < 4.78 is 2.20. The van der Waals surface area contributed by atoms with Crippen LogP contribution in [0.4, 0.5) is 0 Å². The monoisotopic (exact) mass is 363 g/mol. The third kappa shape index (κ3) is 2.76. The number of nitrogens with zero attached hydrogens (tertiary/aromatic N) is 3. The van der Waals surface area contributed by atoms with E-state index in [1.807, 2.05) is 36.4 Å². The van der Waals surface area contributed by atoms with E-state index in [1.54, 1.807) is 0 Å². The minimum absolute atomic E-state index is 0.511. The van der Waals surface area contributed by atoms with Gasteiger partial charge in [0.25, 0.3) is 0 Å². The van der Waals surface area contributed by atoms with Gasteiger partial charge < -0.3 is 0 Å². The van der Waals surface area contributed by atoms with Crippen LogP contribution in [-0.4, -0.2) is 14.8 Å². The smallest absolute Gasteiger partial charge is 0.168 e. The molecule has 3 nitrogen and oxygen atoms in total. The minimum Gasteiger partial charge on any atom is -0.274 e. The van der Waals surface area contributed by atoms with E-state index in [0.717, 1.165) is 34.9 Å². The Morgan fingerprint density at radius 1 is 0.750 bits per heavy atom. The number of benzene rings is 3. The number of fused-ring (bicyclic) bond motifs is 1. The van der Waals surface area contributed by atoms with E-state index >= 15 is 0 Å². The zero-order valence-corrected chi connectivity index (χ0v) is 15.8. The van der Waals surface area contributed by atoms with Gasteiger partial charge in [-0.2, -0.15) is 0 Å². The summed E-state index contributed by atoms with van der Waals surface area (Å²) in [5.41, 5.74) is 5.88. The second kappa shape index (κ2) is 6.93. The molecule has 1 aliphatic rings. The average Bonchev–Trinajstić information content (AvgIpc) is 3.20. The highest BCUT2D eigenvalue weighted by molar-refractivity contribution is 5.73. The first kappa shape index (κ1) is 16.7. The second-order valence-corrected chi connectivity index (χ2v) is 7.23. The topological polar surface area (TPSA) is 30.7 Å². The van der Waals surface area contributed by atoms with Gasteiger partial charge in [0, 0.05) is 16.7 Å². The van der Waals surface area contributed by atoms with Gasteiger partial charge >= 0.3 is 0 Å². The summed E-state index contributed by atoms with van der Waals surface area (Å²) in [6.07, 6.45) is 5.59. The molecule has 0 amide bonds.